The van der Waals surface area contributed by atoms with Crippen molar-refractivity contribution in [1.82, 2.24) is 4.90 Å². The first-order valence-electron chi connectivity index (χ1n) is 11.9. The van der Waals surface area contributed by atoms with Crippen molar-refractivity contribution < 1.29 is 23.9 Å². The Morgan fingerprint density at radius 1 is 0.868 bits per heavy atom. The zero-order valence-electron chi connectivity index (χ0n) is 21.2. The maximum Gasteiger partial charge on any atom is 0.294 e. The molecule has 1 saturated heterocycles. The quantitative estimate of drug-likeness (QED) is 0.384. The molecule has 0 saturated carbocycles. The summed E-state index contributed by atoms with van der Waals surface area (Å²) < 4.78 is 5.56. The van der Waals surface area contributed by atoms with Crippen LogP contribution < -0.4 is 15.4 Å². The van der Waals surface area contributed by atoms with Crippen LogP contribution in [-0.4, -0.2) is 41.0 Å². The summed E-state index contributed by atoms with van der Waals surface area (Å²) in [6, 6.07) is 19.9. The molecule has 0 spiro atoms. The Morgan fingerprint density at radius 2 is 1.55 bits per heavy atom. The number of nitrogens with zero attached hydrogens (tertiary/aromatic N) is 1. The van der Waals surface area contributed by atoms with Crippen LogP contribution in [0.3, 0.4) is 0 Å². The highest BCUT2D eigenvalue weighted by atomic mass is 32.2. The second-order valence-electron chi connectivity index (χ2n) is 8.86. The highest BCUT2D eigenvalue weighted by Crippen LogP contribution is 2.32. The molecule has 0 radical (unpaired) electrons. The Balaban J connectivity index is 1.32. The standard InChI is InChI=1S/C29H27N3O5S/c1-18-8-9-20(3)24(14-18)31-26(33)16-32-28(35)25(38-29(32)36)15-21-10-12-22(13-11-21)37-17-27(34)30-23-7-5-4-6-19(23)2/h4-15H,16-17H2,1-3H3,(H,30,34)(H,31,33)/b25-15-. The lowest BCUT2D eigenvalue weighted by atomic mass is 10.1. The SMILES string of the molecule is Cc1ccc(C)c(NC(=O)CN2C(=O)S/C(=C\c3ccc(OCC(=O)Nc4ccccc4C)cc3)C2=O)c1. The molecule has 1 aliphatic heterocycles. The minimum absolute atomic E-state index is 0.156. The smallest absolute Gasteiger partial charge is 0.294 e. The molecule has 3 aromatic rings. The molecule has 4 amide bonds. The number of hydrogen-bond acceptors (Lipinski definition) is 6. The number of imide groups is 1. The van der Waals surface area contributed by atoms with Gasteiger partial charge in [-0.2, -0.15) is 0 Å². The van der Waals surface area contributed by atoms with E-state index in [1.54, 1.807) is 30.3 Å². The molecule has 8 nitrogen and oxygen atoms in total. The van der Waals surface area contributed by atoms with Gasteiger partial charge in [-0.25, -0.2) is 0 Å². The molecule has 0 aromatic heterocycles. The number of carbonyl (C=O) groups is 4. The maximum atomic E-state index is 12.8. The fraction of sp³-hybridized carbons (Fsp3) is 0.172. The van der Waals surface area contributed by atoms with Crippen molar-refractivity contribution in [2.75, 3.05) is 23.8 Å². The van der Waals surface area contributed by atoms with Crippen molar-refractivity contribution >= 4 is 52.2 Å². The molecule has 1 aliphatic rings. The predicted molar refractivity (Wildman–Crippen MR) is 149 cm³/mol. The number of amides is 4. The van der Waals surface area contributed by atoms with Gasteiger partial charge in [0.25, 0.3) is 17.1 Å². The van der Waals surface area contributed by atoms with Crippen LogP contribution in [0.1, 0.15) is 22.3 Å². The lowest BCUT2D eigenvalue weighted by molar-refractivity contribution is -0.127. The summed E-state index contributed by atoms with van der Waals surface area (Å²) in [6.07, 6.45) is 1.59. The van der Waals surface area contributed by atoms with Gasteiger partial charge in [0.05, 0.1) is 4.91 Å². The van der Waals surface area contributed by atoms with Crippen LogP contribution in [-0.2, 0) is 14.4 Å². The third-order valence-electron chi connectivity index (χ3n) is 5.81. The molecule has 3 aromatic carbocycles. The van der Waals surface area contributed by atoms with Crippen molar-refractivity contribution in [3.8, 4) is 5.75 Å². The number of anilines is 2. The fourth-order valence-electron chi connectivity index (χ4n) is 3.70. The summed E-state index contributed by atoms with van der Waals surface area (Å²) in [6.45, 7) is 5.17. The normalized spacial score (nSPS) is 14.1. The van der Waals surface area contributed by atoms with Crippen molar-refractivity contribution in [3.05, 3.63) is 93.9 Å². The molecule has 2 N–H and O–H groups in total. The summed E-state index contributed by atoms with van der Waals surface area (Å²) in [5.74, 6) is -0.767. The van der Waals surface area contributed by atoms with E-state index in [1.165, 1.54) is 0 Å². The van der Waals surface area contributed by atoms with E-state index in [-0.39, 0.29) is 24.0 Å². The molecule has 0 aliphatic carbocycles. The Kier molecular flexibility index (Phi) is 8.28. The molecule has 9 heteroatoms. The first-order valence-corrected chi connectivity index (χ1v) is 12.7. The van der Waals surface area contributed by atoms with Gasteiger partial charge in [0.15, 0.2) is 6.61 Å². The van der Waals surface area contributed by atoms with Gasteiger partial charge >= 0.3 is 0 Å². The number of ether oxygens (including phenoxy) is 1. The van der Waals surface area contributed by atoms with E-state index >= 15 is 0 Å². The monoisotopic (exact) mass is 529 g/mol. The fourth-order valence-corrected chi connectivity index (χ4v) is 4.54. The van der Waals surface area contributed by atoms with Gasteiger partial charge in [-0.1, -0.05) is 42.5 Å². The minimum atomic E-state index is -0.524. The number of para-hydroxylation sites is 1. The molecule has 194 valence electrons. The molecule has 0 bridgehead atoms. The molecule has 38 heavy (non-hydrogen) atoms. The third kappa shape index (κ3) is 6.68. The zero-order valence-corrected chi connectivity index (χ0v) is 22.1. The van der Waals surface area contributed by atoms with Gasteiger partial charge in [-0.05, 0) is 85.1 Å². The summed E-state index contributed by atoms with van der Waals surface area (Å²) in [5, 5.41) is 5.07. The third-order valence-corrected chi connectivity index (χ3v) is 6.72. The van der Waals surface area contributed by atoms with Crippen LogP contribution >= 0.6 is 11.8 Å². The van der Waals surface area contributed by atoms with E-state index in [4.69, 9.17) is 4.74 Å². The van der Waals surface area contributed by atoms with Gasteiger partial charge < -0.3 is 15.4 Å². The predicted octanol–water partition coefficient (Wildman–Crippen LogP) is 5.30. The molecule has 4 rings (SSSR count). The second-order valence-corrected chi connectivity index (χ2v) is 9.85. The molecular weight excluding hydrogens is 502 g/mol. The number of aryl methyl sites for hydroxylation is 3. The van der Waals surface area contributed by atoms with Crippen LogP contribution in [0.4, 0.5) is 16.2 Å². The molecule has 0 atom stereocenters. The summed E-state index contributed by atoms with van der Waals surface area (Å²) in [4.78, 5) is 51.1. The average molecular weight is 530 g/mol. The van der Waals surface area contributed by atoms with Crippen molar-refractivity contribution in [3.63, 3.8) is 0 Å². The summed E-state index contributed by atoms with van der Waals surface area (Å²) in [5.41, 5.74) is 4.88. The lowest BCUT2D eigenvalue weighted by Gasteiger charge is -2.14. The molecule has 1 fully saturated rings. The Hall–Kier alpha value is -4.37. The summed E-state index contributed by atoms with van der Waals surface area (Å²) in [7, 11) is 0. The van der Waals surface area contributed by atoms with E-state index in [2.05, 4.69) is 10.6 Å². The lowest BCUT2D eigenvalue weighted by Crippen LogP contribution is -2.36. The number of thioether (sulfide) groups is 1. The van der Waals surface area contributed by atoms with Gasteiger partial charge in [-0.15, -0.1) is 0 Å². The van der Waals surface area contributed by atoms with Crippen LogP contribution in [0.25, 0.3) is 6.08 Å². The second kappa shape index (κ2) is 11.8. The highest BCUT2D eigenvalue weighted by Gasteiger charge is 2.36. The number of benzene rings is 3. The van der Waals surface area contributed by atoms with E-state index in [9.17, 15) is 19.2 Å². The van der Waals surface area contributed by atoms with Crippen LogP contribution in [0.5, 0.6) is 5.75 Å². The van der Waals surface area contributed by atoms with E-state index in [1.807, 2.05) is 63.2 Å². The number of hydrogen-bond donors (Lipinski definition) is 2. The number of nitrogens with one attached hydrogen (secondary N) is 2. The van der Waals surface area contributed by atoms with Crippen LogP contribution in [0.15, 0.2) is 71.6 Å². The first-order chi connectivity index (χ1) is 18.2. The Labute approximate surface area is 225 Å². The van der Waals surface area contributed by atoms with Crippen molar-refractivity contribution in [1.29, 1.82) is 0 Å². The van der Waals surface area contributed by atoms with Crippen molar-refractivity contribution in [2.45, 2.75) is 20.8 Å². The number of rotatable bonds is 8. The Bertz CT molecular complexity index is 1430. The van der Waals surface area contributed by atoms with Gasteiger partial charge in [0.1, 0.15) is 12.3 Å². The van der Waals surface area contributed by atoms with Crippen molar-refractivity contribution in [2.24, 2.45) is 0 Å². The van der Waals surface area contributed by atoms with Crippen LogP contribution in [0, 0.1) is 20.8 Å². The minimum Gasteiger partial charge on any atom is -0.484 e. The van der Waals surface area contributed by atoms with E-state index < -0.39 is 17.1 Å². The molecule has 1 heterocycles. The summed E-state index contributed by atoms with van der Waals surface area (Å²) >= 11 is 0.785. The average Bonchev–Trinajstić information content (AvgIpc) is 3.14. The first kappa shape index (κ1) is 26.7. The van der Waals surface area contributed by atoms with Crippen LogP contribution in [0.2, 0.25) is 0 Å². The molecular formula is C29H27N3O5S. The number of carbonyl (C=O) groups excluding carboxylic acids is 4. The van der Waals surface area contributed by atoms with Gasteiger partial charge in [0.2, 0.25) is 5.91 Å². The van der Waals surface area contributed by atoms with E-state index in [0.29, 0.717) is 17.0 Å². The molecule has 0 unspecified atom stereocenters. The topological polar surface area (TPSA) is 105 Å². The van der Waals surface area contributed by atoms with Gasteiger partial charge in [-0.3, -0.25) is 24.1 Å². The largest absolute Gasteiger partial charge is 0.484 e. The van der Waals surface area contributed by atoms with Gasteiger partial charge in [0, 0.05) is 11.4 Å². The zero-order chi connectivity index (χ0) is 27.2. The maximum absolute atomic E-state index is 12.8. The highest BCUT2D eigenvalue weighted by molar-refractivity contribution is 8.18. The Morgan fingerprint density at radius 3 is 2.29 bits per heavy atom. The van der Waals surface area contributed by atoms with E-state index in [0.717, 1.165) is 39.0 Å².